The molecule has 2 aromatic carbocycles. The van der Waals surface area contributed by atoms with Crippen LogP contribution in [0.3, 0.4) is 0 Å². The van der Waals surface area contributed by atoms with Crippen molar-refractivity contribution in [3.8, 4) is 0 Å². The van der Waals surface area contributed by atoms with Crippen molar-refractivity contribution in [1.82, 2.24) is 10.6 Å². The van der Waals surface area contributed by atoms with E-state index in [1.54, 1.807) is 13.2 Å². The van der Waals surface area contributed by atoms with Gasteiger partial charge in [-0.05, 0) is 22.8 Å². The molecular weight excluding hydrogens is 300 g/mol. The molecule has 0 aromatic heterocycles. The highest BCUT2D eigenvalue weighted by molar-refractivity contribution is 6.31. The summed E-state index contributed by atoms with van der Waals surface area (Å²) in [4.78, 5) is 11.9. The second-order valence-corrected chi connectivity index (χ2v) is 5.24. The summed E-state index contributed by atoms with van der Waals surface area (Å²) < 4.78 is 5.15. The molecule has 22 heavy (non-hydrogen) atoms. The zero-order chi connectivity index (χ0) is 15.8. The Hall–Kier alpha value is -2.04. The van der Waals surface area contributed by atoms with E-state index in [0.717, 1.165) is 16.7 Å². The van der Waals surface area contributed by atoms with Gasteiger partial charge in [0.15, 0.2) is 0 Å². The van der Waals surface area contributed by atoms with E-state index in [9.17, 15) is 4.79 Å². The molecule has 116 valence electrons. The zero-order valence-corrected chi connectivity index (χ0v) is 13.2. The van der Waals surface area contributed by atoms with Gasteiger partial charge in [-0.25, -0.2) is 4.79 Å². The fraction of sp³-hybridized carbons (Fsp3) is 0.235. The quantitative estimate of drug-likeness (QED) is 0.856. The third-order valence-electron chi connectivity index (χ3n) is 3.25. The Bertz CT molecular complexity index is 632. The van der Waals surface area contributed by atoms with E-state index in [1.807, 2.05) is 42.5 Å². The number of urea groups is 1. The Kier molecular flexibility index (Phi) is 6.25. The van der Waals surface area contributed by atoms with Crippen LogP contribution in [0.1, 0.15) is 16.7 Å². The minimum absolute atomic E-state index is 0.230. The van der Waals surface area contributed by atoms with Gasteiger partial charge in [-0.15, -0.1) is 0 Å². The van der Waals surface area contributed by atoms with Crippen LogP contribution in [0.4, 0.5) is 4.79 Å². The lowest BCUT2D eigenvalue weighted by molar-refractivity contribution is 0.184. The topological polar surface area (TPSA) is 50.4 Å². The van der Waals surface area contributed by atoms with E-state index in [2.05, 4.69) is 10.6 Å². The standard InChI is InChI=1S/C17H19ClN2O2/c1-22-12-15-8-3-2-6-13(15)10-19-17(21)20-11-14-7-4-5-9-16(14)18/h2-9H,10-12H2,1H3,(H2,19,20,21). The first-order valence-electron chi connectivity index (χ1n) is 7.01. The average Bonchev–Trinajstić information content (AvgIpc) is 2.53. The van der Waals surface area contributed by atoms with Crippen molar-refractivity contribution in [3.05, 3.63) is 70.2 Å². The van der Waals surface area contributed by atoms with Crippen LogP contribution in [0.5, 0.6) is 0 Å². The Labute approximate surface area is 135 Å². The monoisotopic (exact) mass is 318 g/mol. The minimum Gasteiger partial charge on any atom is -0.380 e. The molecule has 2 N–H and O–H groups in total. The summed E-state index contributed by atoms with van der Waals surface area (Å²) in [5.74, 6) is 0. The van der Waals surface area contributed by atoms with Gasteiger partial charge in [0.2, 0.25) is 0 Å². The van der Waals surface area contributed by atoms with Crippen molar-refractivity contribution in [2.45, 2.75) is 19.7 Å². The molecule has 0 aliphatic carbocycles. The van der Waals surface area contributed by atoms with Gasteiger partial charge in [0.25, 0.3) is 0 Å². The smallest absolute Gasteiger partial charge is 0.315 e. The third kappa shape index (κ3) is 4.76. The van der Waals surface area contributed by atoms with Crippen molar-refractivity contribution < 1.29 is 9.53 Å². The largest absolute Gasteiger partial charge is 0.380 e. The molecule has 0 atom stereocenters. The lowest BCUT2D eigenvalue weighted by Gasteiger charge is -2.11. The number of benzene rings is 2. The fourth-order valence-corrected chi connectivity index (χ4v) is 2.28. The van der Waals surface area contributed by atoms with Gasteiger partial charge in [0.05, 0.1) is 6.61 Å². The summed E-state index contributed by atoms with van der Waals surface area (Å²) in [6.07, 6.45) is 0. The Morgan fingerprint density at radius 2 is 1.50 bits per heavy atom. The van der Waals surface area contributed by atoms with E-state index in [0.29, 0.717) is 24.7 Å². The van der Waals surface area contributed by atoms with Crippen LogP contribution in [-0.4, -0.2) is 13.1 Å². The molecule has 5 heteroatoms. The number of nitrogens with one attached hydrogen (secondary N) is 2. The van der Waals surface area contributed by atoms with Gasteiger partial charge in [-0.1, -0.05) is 54.1 Å². The van der Waals surface area contributed by atoms with Crippen molar-refractivity contribution in [1.29, 1.82) is 0 Å². The number of carbonyl (C=O) groups is 1. The van der Waals surface area contributed by atoms with Crippen LogP contribution >= 0.6 is 11.6 Å². The van der Waals surface area contributed by atoms with Crippen LogP contribution in [-0.2, 0) is 24.4 Å². The van der Waals surface area contributed by atoms with Crippen LogP contribution < -0.4 is 10.6 Å². The molecule has 0 saturated heterocycles. The van der Waals surface area contributed by atoms with Gasteiger partial charge >= 0.3 is 6.03 Å². The molecule has 0 aliphatic rings. The molecule has 0 radical (unpaired) electrons. The lowest BCUT2D eigenvalue weighted by Crippen LogP contribution is -2.34. The second kappa shape index (κ2) is 8.41. The van der Waals surface area contributed by atoms with E-state index in [-0.39, 0.29) is 6.03 Å². The van der Waals surface area contributed by atoms with Gasteiger partial charge in [-0.3, -0.25) is 0 Å². The maximum absolute atomic E-state index is 11.9. The molecule has 0 unspecified atom stereocenters. The predicted molar refractivity (Wildman–Crippen MR) is 87.7 cm³/mol. The molecule has 0 fully saturated rings. The number of amides is 2. The van der Waals surface area contributed by atoms with Crippen molar-refractivity contribution >= 4 is 17.6 Å². The fourth-order valence-electron chi connectivity index (χ4n) is 2.08. The second-order valence-electron chi connectivity index (χ2n) is 4.83. The molecule has 0 bridgehead atoms. The zero-order valence-electron chi connectivity index (χ0n) is 12.4. The molecule has 0 saturated carbocycles. The summed E-state index contributed by atoms with van der Waals surface area (Å²) >= 11 is 6.05. The molecule has 2 rings (SSSR count). The van der Waals surface area contributed by atoms with Gasteiger partial charge in [-0.2, -0.15) is 0 Å². The summed E-state index contributed by atoms with van der Waals surface area (Å²) in [6.45, 7) is 1.37. The van der Waals surface area contributed by atoms with Crippen molar-refractivity contribution in [3.63, 3.8) is 0 Å². The Morgan fingerprint density at radius 1 is 0.955 bits per heavy atom. The number of methoxy groups -OCH3 is 1. The first-order valence-corrected chi connectivity index (χ1v) is 7.39. The van der Waals surface area contributed by atoms with E-state index in [1.165, 1.54) is 0 Å². The molecule has 0 heterocycles. The van der Waals surface area contributed by atoms with Crippen molar-refractivity contribution in [2.24, 2.45) is 0 Å². The highest BCUT2D eigenvalue weighted by Gasteiger charge is 2.05. The van der Waals surface area contributed by atoms with Crippen LogP contribution in [0.25, 0.3) is 0 Å². The Morgan fingerprint density at radius 3 is 2.14 bits per heavy atom. The first kappa shape index (κ1) is 16.3. The third-order valence-corrected chi connectivity index (χ3v) is 3.62. The number of halogens is 1. The molecular formula is C17H19ClN2O2. The van der Waals surface area contributed by atoms with Gasteiger partial charge in [0, 0.05) is 25.2 Å². The maximum Gasteiger partial charge on any atom is 0.315 e. The predicted octanol–water partition coefficient (Wildman–Crippen LogP) is 3.49. The van der Waals surface area contributed by atoms with Gasteiger partial charge in [0.1, 0.15) is 0 Å². The summed E-state index contributed by atoms with van der Waals surface area (Å²) in [6, 6.07) is 15.1. The normalized spacial score (nSPS) is 10.3. The lowest BCUT2D eigenvalue weighted by atomic mass is 10.1. The highest BCUT2D eigenvalue weighted by atomic mass is 35.5. The number of ether oxygens (including phenoxy) is 1. The number of hydrogen-bond acceptors (Lipinski definition) is 2. The average molecular weight is 319 g/mol. The van der Waals surface area contributed by atoms with E-state index < -0.39 is 0 Å². The molecule has 0 spiro atoms. The van der Waals surface area contributed by atoms with E-state index >= 15 is 0 Å². The number of rotatable bonds is 6. The van der Waals surface area contributed by atoms with E-state index in [4.69, 9.17) is 16.3 Å². The summed E-state index contributed by atoms with van der Waals surface area (Å²) in [5.41, 5.74) is 2.99. The maximum atomic E-state index is 11.9. The molecule has 2 aromatic rings. The van der Waals surface area contributed by atoms with Crippen LogP contribution in [0.2, 0.25) is 5.02 Å². The number of carbonyl (C=O) groups excluding carboxylic acids is 1. The first-order chi connectivity index (χ1) is 10.7. The molecule has 4 nitrogen and oxygen atoms in total. The van der Waals surface area contributed by atoms with Gasteiger partial charge < -0.3 is 15.4 Å². The van der Waals surface area contributed by atoms with Crippen molar-refractivity contribution in [2.75, 3.05) is 7.11 Å². The number of hydrogen-bond donors (Lipinski definition) is 2. The molecule has 0 aliphatic heterocycles. The SMILES string of the molecule is COCc1ccccc1CNC(=O)NCc1ccccc1Cl. The highest BCUT2D eigenvalue weighted by Crippen LogP contribution is 2.14. The Balaban J connectivity index is 1.84. The summed E-state index contributed by atoms with van der Waals surface area (Å²) in [7, 11) is 1.65. The van der Waals surface area contributed by atoms with Crippen LogP contribution in [0, 0.1) is 0 Å². The summed E-state index contributed by atoms with van der Waals surface area (Å²) in [5, 5.41) is 6.28. The van der Waals surface area contributed by atoms with Crippen LogP contribution in [0.15, 0.2) is 48.5 Å². The minimum atomic E-state index is -0.230. The molecule has 2 amide bonds.